The fraction of sp³-hybridized carbons (Fsp3) is 0.556. The van der Waals surface area contributed by atoms with Crippen LogP contribution in [0.15, 0.2) is 24.3 Å². The van der Waals surface area contributed by atoms with Gasteiger partial charge in [0, 0.05) is 26.1 Å². The van der Waals surface area contributed by atoms with Gasteiger partial charge in [-0.3, -0.25) is 14.5 Å². The first kappa shape index (κ1) is 18.4. The first-order valence-electron chi connectivity index (χ1n) is 8.36. The lowest BCUT2D eigenvalue weighted by atomic mass is 9.92. The molecule has 0 aliphatic carbocycles. The lowest BCUT2D eigenvalue weighted by Gasteiger charge is -2.33. The van der Waals surface area contributed by atoms with E-state index < -0.39 is 5.97 Å². The minimum absolute atomic E-state index is 0.0938. The van der Waals surface area contributed by atoms with Crippen molar-refractivity contribution in [3.63, 3.8) is 0 Å². The molecule has 1 aromatic carbocycles. The fourth-order valence-corrected chi connectivity index (χ4v) is 3.09. The fourth-order valence-electron chi connectivity index (χ4n) is 3.09. The van der Waals surface area contributed by atoms with Crippen LogP contribution in [-0.2, 0) is 16.1 Å². The van der Waals surface area contributed by atoms with Gasteiger partial charge in [-0.25, -0.2) is 4.39 Å². The lowest BCUT2D eigenvalue weighted by molar-refractivity contribution is -0.138. The largest absolute Gasteiger partial charge is 0.481 e. The zero-order chi connectivity index (χ0) is 17.5. The molecule has 1 aromatic rings. The topological polar surface area (TPSA) is 60.9 Å². The van der Waals surface area contributed by atoms with Crippen molar-refractivity contribution in [2.45, 2.75) is 32.2 Å². The van der Waals surface area contributed by atoms with E-state index in [9.17, 15) is 14.0 Å². The van der Waals surface area contributed by atoms with Crippen LogP contribution in [0, 0.1) is 11.7 Å². The van der Waals surface area contributed by atoms with Gasteiger partial charge in [-0.2, -0.15) is 0 Å². The second kappa shape index (κ2) is 8.78. The molecule has 1 amide bonds. The summed E-state index contributed by atoms with van der Waals surface area (Å²) in [5, 5.41) is 8.73. The van der Waals surface area contributed by atoms with E-state index in [0.29, 0.717) is 38.5 Å². The summed E-state index contributed by atoms with van der Waals surface area (Å²) in [6.45, 7) is 2.33. The zero-order valence-corrected chi connectivity index (χ0v) is 14.1. The second-order valence-electron chi connectivity index (χ2n) is 6.56. The third-order valence-electron chi connectivity index (χ3n) is 4.50. The summed E-state index contributed by atoms with van der Waals surface area (Å²) in [6, 6.07) is 6.30. The summed E-state index contributed by atoms with van der Waals surface area (Å²) in [5.41, 5.74) is 0.971. The molecule has 1 aliphatic heterocycles. The molecular weight excluding hydrogens is 311 g/mol. The average Bonchev–Trinajstić information content (AvgIpc) is 2.55. The third-order valence-corrected chi connectivity index (χ3v) is 4.50. The number of hydrogen-bond donors (Lipinski definition) is 1. The van der Waals surface area contributed by atoms with E-state index >= 15 is 0 Å². The number of aliphatic carboxylic acids is 1. The number of carboxylic acids is 1. The van der Waals surface area contributed by atoms with Gasteiger partial charge in [-0.15, -0.1) is 0 Å². The summed E-state index contributed by atoms with van der Waals surface area (Å²) in [4.78, 5) is 26.8. The maximum absolute atomic E-state index is 12.9. The van der Waals surface area contributed by atoms with Crippen molar-refractivity contribution in [1.82, 2.24) is 9.80 Å². The van der Waals surface area contributed by atoms with Crippen molar-refractivity contribution in [3.8, 4) is 0 Å². The molecule has 1 N–H and O–H groups in total. The number of likely N-dealkylation sites (N-methyl/N-ethyl adjacent to an activating group) is 1. The van der Waals surface area contributed by atoms with E-state index in [1.54, 1.807) is 12.1 Å². The van der Waals surface area contributed by atoms with Gasteiger partial charge in [0.2, 0.25) is 5.91 Å². The molecule has 0 spiro atoms. The van der Waals surface area contributed by atoms with Crippen molar-refractivity contribution in [3.05, 3.63) is 35.6 Å². The summed E-state index contributed by atoms with van der Waals surface area (Å²) in [7, 11) is 1.88. The molecule has 0 aromatic heterocycles. The molecule has 1 aliphatic rings. The van der Waals surface area contributed by atoms with Crippen LogP contribution in [0.1, 0.15) is 31.2 Å². The van der Waals surface area contributed by atoms with Crippen LogP contribution >= 0.6 is 0 Å². The number of rotatable bonds is 7. The monoisotopic (exact) mass is 336 g/mol. The van der Waals surface area contributed by atoms with E-state index in [-0.39, 0.29) is 18.1 Å². The molecule has 24 heavy (non-hydrogen) atoms. The van der Waals surface area contributed by atoms with Gasteiger partial charge in [-0.1, -0.05) is 12.1 Å². The lowest BCUT2D eigenvalue weighted by Crippen LogP contribution is -2.43. The molecule has 0 unspecified atom stereocenters. The number of halogens is 1. The molecule has 5 nitrogen and oxygen atoms in total. The number of carbonyl (C=O) groups is 2. The highest BCUT2D eigenvalue weighted by atomic mass is 19.1. The van der Waals surface area contributed by atoms with Crippen molar-refractivity contribution in [2.75, 3.05) is 26.7 Å². The van der Waals surface area contributed by atoms with Gasteiger partial charge in [0.05, 0.1) is 6.54 Å². The molecule has 0 atom stereocenters. The molecule has 1 saturated heterocycles. The molecular formula is C18H25FN2O3. The minimum Gasteiger partial charge on any atom is -0.481 e. The standard InChI is InChI=1S/C18H25FN2O3/c1-20(12-15-2-5-16(19)6-3-15)13-17(22)21-10-8-14(9-11-21)4-7-18(23)24/h2-3,5-6,14H,4,7-13H2,1H3,(H,23,24). The summed E-state index contributed by atoms with van der Waals surface area (Å²) >= 11 is 0. The zero-order valence-electron chi connectivity index (χ0n) is 14.1. The highest BCUT2D eigenvalue weighted by Gasteiger charge is 2.23. The van der Waals surface area contributed by atoms with Crippen LogP contribution in [0.3, 0.4) is 0 Å². The normalized spacial score (nSPS) is 15.7. The van der Waals surface area contributed by atoms with E-state index in [1.165, 1.54) is 12.1 Å². The number of amides is 1. The Morgan fingerprint density at radius 2 is 1.88 bits per heavy atom. The van der Waals surface area contributed by atoms with Gasteiger partial charge in [0.1, 0.15) is 5.82 Å². The van der Waals surface area contributed by atoms with Gasteiger partial charge >= 0.3 is 5.97 Å². The number of hydrogen-bond acceptors (Lipinski definition) is 3. The van der Waals surface area contributed by atoms with E-state index in [2.05, 4.69) is 0 Å². The Morgan fingerprint density at radius 1 is 1.25 bits per heavy atom. The second-order valence-corrected chi connectivity index (χ2v) is 6.56. The van der Waals surface area contributed by atoms with Crippen molar-refractivity contribution in [2.24, 2.45) is 5.92 Å². The van der Waals surface area contributed by atoms with Crippen molar-refractivity contribution < 1.29 is 19.1 Å². The minimum atomic E-state index is -0.754. The summed E-state index contributed by atoms with van der Waals surface area (Å²) in [6.07, 6.45) is 2.66. The van der Waals surface area contributed by atoms with E-state index in [0.717, 1.165) is 18.4 Å². The summed E-state index contributed by atoms with van der Waals surface area (Å²) < 4.78 is 12.9. The first-order chi connectivity index (χ1) is 11.4. The van der Waals surface area contributed by atoms with Crippen molar-refractivity contribution >= 4 is 11.9 Å². The predicted octanol–water partition coefficient (Wildman–Crippen LogP) is 2.36. The number of carboxylic acid groups (broad SMARTS) is 1. The molecule has 0 bridgehead atoms. The van der Waals surface area contributed by atoms with Crippen LogP contribution in [0.25, 0.3) is 0 Å². The quantitative estimate of drug-likeness (QED) is 0.830. The Bertz CT molecular complexity index is 554. The molecule has 1 heterocycles. The smallest absolute Gasteiger partial charge is 0.303 e. The Labute approximate surface area is 142 Å². The SMILES string of the molecule is CN(CC(=O)N1CCC(CCC(=O)O)CC1)Cc1ccc(F)cc1. The van der Waals surface area contributed by atoms with Gasteiger partial charge in [-0.05, 0) is 49.9 Å². The van der Waals surface area contributed by atoms with Crippen molar-refractivity contribution in [1.29, 1.82) is 0 Å². The number of likely N-dealkylation sites (tertiary alicyclic amines) is 1. The molecule has 132 valence electrons. The van der Waals surface area contributed by atoms with E-state index in [1.807, 2.05) is 16.8 Å². The highest BCUT2D eigenvalue weighted by Crippen LogP contribution is 2.22. The molecule has 0 radical (unpaired) electrons. The Morgan fingerprint density at radius 3 is 2.46 bits per heavy atom. The number of benzene rings is 1. The van der Waals surface area contributed by atoms with Gasteiger partial charge < -0.3 is 10.0 Å². The van der Waals surface area contributed by atoms with E-state index in [4.69, 9.17) is 5.11 Å². The summed E-state index contributed by atoms with van der Waals surface area (Å²) in [5.74, 6) is -0.516. The first-order valence-corrected chi connectivity index (χ1v) is 8.36. The van der Waals surface area contributed by atoms with Crippen LogP contribution in [0.4, 0.5) is 4.39 Å². The Kier molecular flexibility index (Phi) is 6.73. The molecule has 0 saturated carbocycles. The number of carbonyl (C=O) groups excluding carboxylic acids is 1. The van der Waals surface area contributed by atoms with Crippen LogP contribution in [0.2, 0.25) is 0 Å². The highest BCUT2D eigenvalue weighted by molar-refractivity contribution is 5.78. The maximum Gasteiger partial charge on any atom is 0.303 e. The number of piperidine rings is 1. The van der Waals surface area contributed by atoms with Crippen LogP contribution in [0.5, 0.6) is 0 Å². The number of nitrogens with zero attached hydrogens (tertiary/aromatic N) is 2. The van der Waals surface area contributed by atoms with Crippen LogP contribution < -0.4 is 0 Å². The maximum atomic E-state index is 12.9. The predicted molar refractivity (Wildman–Crippen MR) is 88.9 cm³/mol. The Hall–Kier alpha value is -1.95. The van der Waals surface area contributed by atoms with Gasteiger partial charge in [0.15, 0.2) is 0 Å². The molecule has 6 heteroatoms. The third kappa shape index (κ3) is 5.92. The van der Waals surface area contributed by atoms with Crippen LogP contribution in [-0.4, -0.2) is 53.5 Å². The molecule has 2 rings (SSSR count). The molecule has 1 fully saturated rings. The Balaban J connectivity index is 1.72. The average molecular weight is 336 g/mol. The van der Waals surface area contributed by atoms with Gasteiger partial charge in [0.25, 0.3) is 0 Å².